The summed E-state index contributed by atoms with van der Waals surface area (Å²) in [6.07, 6.45) is 1.11. The number of halogens is 2. The number of hydrogen-bond donors (Lipinski definition) is 2. The number of benzene rings is 1. The van der Waals surface area contributed by atoms with Crippen molar-refractivity contribution in [3.63, 3.8) is 0 Å². The Kier molecular flexibility index (Phi) is 13.9. The van der Waals surface area contributed by atoms with Gasteiger partial charge in [-0.3, -0.25) is 14.5 Å². The van der Waals surface area contributed by atoms with Gasteiger partial charge in [0.25, 0.3) is 0 Å². The average molecular weight is 449 g/mol. The molecule has 7 nitrogen and oxygen atoms in total. The third kappa shape index (κ3) is 8.88. The summed E-state index contributed by atoms with van der Waals surface area (Å²) >= 11 is 0. The van der Waals surface area contributed by atoms with Gasteiger partial charge in [0.1, 0.15) is 0 Å². The highest BCUT2D eigenvalue weighted by Gasteiger charge is 2.27. The van der Waals surface area contributed by atoms with Crippen LogP contribution in [-0.4, -0.2) is 74.1 Å². The molecule has 3 N–H and O–H groups in total. The van der Waals surface area contributed by atoms with Crippen LogP contribution in [0.25, 0.3) is 0 Å². The second kappa shape index (κ2) is 14.6. The highest BCUT2D eigenvalue weighted by atomic mass is 35.5. The number of ether oxygens (including phenoxy) is 1. The highest BCUT2D eigenvalue weighted by Crippen LogP contribution is 2.16. The molecule has 1 heterocycles. The molecule has 1 aliphatic rings. The maximum atomic E-state index is 12.5. The van der Waals surface area contributed by atoms with Crippen LogP contribution in [0, 0.1) is 0 Å². The van der Waals surface area contributed by atoms with E-state index in [4.69, 9.17) is 10.5 Å². The van der Waals surface area contributed by atoms with Gasteiger partial charge in [-0.2, -0.15) is 0 Å². The van der Waals surface area contributed by atoms with Crippen molar-refractivity contribution in [2.75, 3.05) is 46.4 Å². The number of amides is 2. The molecule has 1 aliphatic heterocycles. The smallest absolute Gasteiger partial charge is 0.237 e. The van der Waals surface area contributed by atoms with Crippen LogP contribution in [0.2, 0.25) is 0 Å². The van der Waals surface area contributed by atoms with Crippen LogP contribution >= 0.6 is 24.8 Å². The molecule has 0 saturated carbocycles. The molecule has 9 heteroatoms. The number of rotatable bonds is 9. The summed E-state index contributed by atoms with van der Waals surface area (Å²) in [5.74, 6) is 0.0969. The van der Waals surface area contributed by atoms with E-state index in [2.05, 4.69) is 10.2 Å². The van der Waals surface area contributed by atoms with E-state index < -0.39 is 0 Å². The van der Waals surface area contributed by atoms with Crippen molar-refractivity contribution >= 4 is 36.6 Å². The molecule has 1 saturated heterocycles. The van der Waals surface area contributed by atoms with Gasteiger partial charge in [0.15, 0.2) is 0 Å². The zero-order chi connectivity index (χ0) is 19.6. The number of piperazine rings is 1. The molecular weight excluding hydrogens is 415 g/mol. The maximum Gasteiger partial charge on any atom is 0.237 e. The van der Waals surface area contributed by atoms with E-state index in [0.29, 0.717) is 45.8 Å². The number of carbonyl (C=O) groups is 2. The van der Waals surface area contributed by atoms with E-state index in [0.717, 1.165) is 12.0 Å². The molecule has 0 spiro atoms. The lowest BCUT2D eigenvalue weighted by atomic mass is 10.0. The minimum atomic E-state index is -0.284. The molecule has 1 fully saturated rings. The summed E-state index contributed by atoms with van der Waals surface area (Å²) in [7, 11) is 1.65. The molecule has 1 aromatic carbocycles. The van der Waals surface area contributed by atoms with E-state index >= 15 is 0 Å². The topological polar surface area (TPSA) is 87.9 Å². The summed E-state index contributed by atoms with van der Waals surface area (Å²) in [4.78, 5) is 28.7. The van der Waals surface area contributed by atoms with Crippen LogP contribution in [0.5, 0.6) is 0 Å². The molecule has 2 unspecified atom stereocenters. The summed E-state index contributed by atoms with van der Waals surface area (Å²) in [5.41, 5.74) is 7.14. The predicted molar refractivity (Wildman–Crippen MR) is 120 cm³/mol. The van der Waals surface area contributed by atoms with Crippen LogP contribution in [-0.2, 0) is 14.3 Å². The Balaban J connectivity index is 0.00000392. The summed E-state index contributed by atoms with van der Waals surface area (Å²) in [5, 5.41) is 2.94. The van der Waals surface area contributed by atoms with E-state index in [1.807, 2.05) is 42.2 Å². The number of nitrogens with zero attached hydrogens (tertiary/aromatic N) is 2. The van der Waals surface area contributed by atoms with Crippen LogP contribution in [0.3, 0.4) is 0 Å². The molecule has 166 valence electrons. The van der Waals surface area contributed by atoms with Gasteiger partial charge in [-0.15, -0.1) is 24.8 Å². The lowest BCUT2D eigenvalue weighted by molar-refractivity contribution is -0.134. The van der Waals surface area contributed by atoms with Crippen molar-refractivity contribution in [1.29, 1.82) is 0 Å². The molecule has 0 aliphatic carbocycles. The largest absolute Gasteiger partial charge is 0.385 e. The SMILES string of the molecule is COCCCNC(=O)C(C)N1CCN(C(=O)CC(N)c2ccccc2)CC1.Cl.Cl. The number of hydrogen-bond acceptors (Lipinski definition) is 5. The fraction of sp³-hybridized carbons (Fsp3) is 0.600. The van der Waals surface area contributed by atoms with E-state index in [1.165, 1.54) is 0 Å². The van der Waals surface area contributed by atoms with Gasteiger partial charge in [0.05, 0.1) is 6.04 Å². The highest BCUT2D eigenvalue weighted by molar-refractivity contribution is 5.85. The van der Waals surface area contributed by atoms with Crippen molar-refractivity contribution in [2.45, 2.75) is 31.8 Å². The minimum absolute atomic E-state index is 0. The van der Waals surface area contributed by atoms with Gasteiger partial charge < -0.3 is 20.7 Å². The number of carbonyl (C=O) groups excluding carboxylic acids is 2. The Morgan fingerprint density at radius 1 is 1.14 bits per heavy atom. The van der Waals surface area contributed by atoms with Gasteiger partial charge in [0.2, 0.25) is 11.8 Å². The summed E-state index contributed by atoms with van der Waals surface area (Å²) in [6.45, 7) is 5.81. The Morgan fingerprint density at radius 2 is 1.76 bits per heavy atom. The first-order valence-electron chi connectivity index (χ1n) is 9.62. The normalized spacial score (nSPS) is 16.2. The zero-order valence-corrected chi connectivity index (χ0v) is 18.8. The standard InChI is InChI=1S/C20H32N4O3.2ClH/c1-16(20(26)22-9-6-14-27-2)23-10-12-24(13-11-23)19(25)15-18(21)17-7-4-3-5-8-17;;/h3-5,7-8,16,18H,6,9-15,21H2,1-2H3,(H,22,26);2*1H. The van der Waals surface area contributed by atoms with Gasteiger partial charge in [-0.05, 0) is 18.9 Å². The minimum Gasteiger partial charge on any atom is -0.385 e. The van der Waals surface area contributed by atoms with Gasteiger partial charge in [-0.1, -0.05) is 30.3 Å². The quantitative estimate of drug-likeness (QED) is 0.560. The second-order valence-corrected chi connectivity index (χ2v) is 6.95. The van der Waals surface area contributed by atoms with E-state index in [1.54, 1.807) is 7.11 Å². The number of nitrogens with two attached hydrogens (primary N) is 1. The Labute approximate surface area is 186 Å². The van der Waals surface area contributed by atoms with Crippen LogP contribution < -0.4 is 11.1 Å². The number of nitrogens with one attached hydrogen (secondary N) is 1. The molecule has 2 rings (SSSR count). The van der Waals surface area contributed by atoms with E-state index in [-0.39, 0.29) is 48.7 Å². The third-order valence-corrected chi connectivity index (χ3v) is 5.04. The fourth-order valence-corrected chi connectivity index (χ4v) is 3.24. The van der Waals surface area contributed by atoms with Crippen molar-refractivity contribution in [1.82, 2.24) is 15.1 Å². The summed E-state index contributed by atoms with van der Waals surface area (Å²) in [6, 6.07) is 9.21. The van der Waals surface area contributed by atoms with Crippen molar-refractivity contribution in [3.8, 4) is 0 Å². The molecule has 0 radical (unpaired) electrons. The molecule has 1 aromatic rings. The first-order valence-corrected chi connectivity index (χ1v) is 9.62. The molecule has 29 heavy (non-hydrogen) atoms. The first kappa shape index (κ1) is 27.6. The van der Waals surface area contributed by atoms with Crippen LogP contribution in [0.15, 0.2) is 30.3 Å². The van der Waals surface area contributed by atoms with Gasteiger partial charge in [-0.25, -0.2) is 0 Å². The van der Waals surface area contributed by atoms with Gasteiger partial charge in [0, 0.05) is 58.9 Å². The van der Waals surface area contributed by atoms with Crippen LogP contribution in [0.1, 0.15) is 31.4 Å². The Hall–Kier alpha value is -1.38. The molecule has 0 bridgehead atoms. The van der Waals surface area contributed by atoms with Gasteiger partial charge >= 0.3 is 0 Å². The molecule has 0 aromatic heterocycles. The van der Waals surface area contributed by atoms with Crippen molar-refractivity contribution in [3.05, 3.63) is 35.9 Å². The lowest BCUT2D eigenvalue weighted by Gasteiger charge is -2.37. The van der Waals surface area contributed by atoms with Crippen LogP contribution in [0.4, 0.5) is 0 Å². The Bertz CT molecular complexity index is 599. The molecule has 2 amide bonds. The lowest BCUT2D eigenvalue weighted by Crippen LogP contribution is -2.55. The summed E-state index contributed by atoms with van der Waals surface area (Å²) < 4.78 is 4.98. The maximum absolute atomic E-state index is 12.5. The second-order valence-electron chi connectivity index (χ2n) is 6.95. The van der Waals surface area contributed by atoms with E-state index in [9.17, 15) is 9.59 Å². The first-order chi connectivity index (χ1) is 13.0. The Morgan fingerprint density at radius 3 is 2.34 bits per heavy atom. The predicted octanol–water partition coefficient (Wildman–Crippen LogP) is 1.61. The monoisotopic (exact) mass is 448 g/mol. The zero-order valence-electron chi connectivity index (χ0n) is 17.2. The third-order valence-electron chi connectivity index (χ3n) is 5.04. The van der Waals surface area contributed by atoms with Crippen molar-refractivity contribution < 1.29 is 14.3 Å². The molecular formula is C20H34Cl2N4O3. The van der Waals surface area contributed by atoms with Crippen molar-refractivity contribution in [2.24, 2.45) is 5.73 Å². The average Bonchev–Trinajstić information content (AvgIpc) is 2.71. The number of methoxy groups -OCH3 is 1. The molecule has 2 atom stereocenters. The fourth-order valence-electron chi connectivity index (χ4n) is 3.24.